The predicted octanol–water partition coefficient (Wildman–Crippen LogP) is 3.30. The highest BCUT2D eigenvalue weighted by molar-refractivity contribution is 5.79. The summed E-state index contributed by atoms with van der Waals surface area (Å²) in [7, 11) is 0. The van der Waals surface area contributed by atoms with Crippen molar-refractivity contribution in [2.24, 2.45) is 4.99 Å². The van der Waals surface area contributed by atoms with Crippen LogP contribution in [-0.4, -0.2) is 34.4 Å². The highest BCUT2D eigenvalue weighted by Crippen LogP contribution is 2.22. The molecular formula is C19H32N6O. The van der Waals surface area contributed by atoms with Gasteiger partial charge in [-0.3, -0.25) is 5.10 Å². The van der Waals surface area contributed by atoms with Crippen LogP contribution in [0.15, 0.2) is 21.8 Å². The highest BCUT2D eigenvalue weighted by atomic mass is 16.5. The van der Waals surface area contributed by atoms with Gasteiger partial charge in [-0.15, -0.1) is 0 Å². The summed E-state index contributed by atoms with van der Waals surface area (Å²) < 4.78 is 5.44. The molecule has 0 atom stereocenters. The monoisotopic (exact) mass is 360 g/mol. The molecule has 7 nitrogen and oxygen atoms in total. The summed E-state index contributed by atoms with van der Waals surface area (Å²) in [6, 6.07) is 2.03. The maximum atomic E-state index is 5.44. The lowest BCUT2D eigenvalue weighted by Gasteiger charge is -2.10. The molecule has 2 aromatic rings. The molecule has 0 radical (unpaired) electrons. The van der Waals surface area contributed by atoms with Gasteiger partial charge in [0, 0.05) is 30.8 Å². The molecule has 0 saturated carbocycles. The first-order valence-electron chi connectivity index (χ1n) is 9.64. The number of H-pyrrole nitrogens is 1. The number of hydrogen-bond acceptors (Lipinski definition) is 4. The zero-order chi connectivity index (χ0) is 18.8. The fourth-order valence-corrected chi connectivity index (χ4v) is 2.91. The van der Waals surface area contributed by atoms with E-state index in [1.54, 1.807) is 0 Å². The van der Waals surface area contributed by atoms with Gasteiger partial charge in [-0.2, -0.15) is 5.10 Å². The fourth-order valence-electron chi connectivity index (χ4n) is 2.91. The average Bonchev–Trinajstić information content (AvgIpc) is 3.27. The van der Waals surface area contributed by atoms with Crippen molar-refractivity contribution in [3.8, 4) is 0 Å². The van der Waals surface area contributed by atoms with E-state index in [4.69, 9.17) is 4.52 Å². The van der Waals surface area contributed by atoms with Gasteiger partial charge < -0.3 is 15.2 Å². The molecule has 2 heterocycles. The summed E-state index contributed by atoms with van der Waals surface area (Å²) in [5.74, 6) is 2.07. The van der Waals surface area contributed by atoms with Gasteiger partial charge in [0.15, 0.2) is 11.7 Å². The number of hydrogen-bond donors (Lipinski definition) is 3. The zero-order valence-electron chi connectivity index (χ0n) is 16.4. The summed E-state index contributed by atoms with van der Waals surface area (Å²) in [6.45, 7) is 10.6. The summed E-state index contributed by atoms with van der Waals surface area (Å²) in [4.78, 5) is 4.60. The van der Waals surface area contributed by atoms with Crippen molar-refractivity contribution in [2.45, 2.75) is 65.8 Å². The van der Waals surface area contributed by atoms with Gasteiger partial charge in [-0.05, 0) is 45.1 Å². The Hall–Kier alpha value is -2.31. The number of nitrogens with one attached hydrogen (secondary N) is 3. The lowest BCUT2D eigenvalue weighted by atomic mass is 9.99. The van der Waals surface area contributed by atoms with Crippen LogP contribution < -0.4 is 10.6 Å². The summed E-state index contributed by atoms with van der Waals surface area (Å²) >= 11 is 0. The Balaban J connectivity index is 1.83. The zero-order valence-corrected chi connectivity index (χ0v) is 16.4. The Morgan fingerprint density at radius 2 is 2.08 bits per heavy atom. The van der Waals surface area contributed by atoms with E-state index in [-0.39, 0.29) is 0 Å². The molecule has 0 spiro atoms. The maximum Gasteiger partial charge on any atom is 0.191 e. The third-order valence-electron chi connectivity index (χ3n) is 4.57. The van der Waals surface area contributed by atoms with Crippen LogP contribution in [0.3, 0.4) is 0 Å². The molecule has 0 saturated heterocycles. The third-order valence-corrected chi connectivity index (χ3v) is 4.57. The second-order valence-corrected chi connectivity index (χ2v) is 6.48. The summed E-state index contributed by atoms with van der Waals surface area (Å²) in [5.41, 5.74) is 3.45. The largest absolute Gasteiger partial charge is 0.359 e. The number of guanidine groups is 1. The minimum atomic E-state index is 0.467. The quantitative estimate of drug-likeness (QED) is 0.343. The number of aliphatic imine (C=N–C) groups is 1. The van der Waals surface area contributed by atoms with Crippen LogP contribution in [-0.2, 0) is 13.0 Å². The summed E-state index contributed by atoms with van der Waals surface area (Å²) in [5, 5.41) is 17.9. The van der Waals surface area contributed by atoms with Crippen LogP contribution in [0, 0.1) is 6.92 Å². The smallest absolute Gasteiger partial charge is 0.191 e. The predicted molar refractivity (Wildman–Crippen MR) is 104 cm³/mol. The first-order chi connectivity index (χ1) is 12.7. The first-order valence-corrected chi connectivity index (χ1v) is 9.64. The molecular weight excluding hydrogens is 328 g/mol. The van der Waals surface area contributed by atoms with E-state index in [1.165, 1.54) is 5.56 Å². The van der Waals surface area contributed by atoms with Crippen molar-refractivity contribution in [1.29, 1.82) is 0 Å². The molecule has 26 heavy (non-hydrogen) atoms. The van der Waals surface area contributed by atoms with Crippen molar-refractivity contribution < 1.29 is 4.52 Å². The van der Waals surface area contributed by atoms with Gasteiger partial charge in [-0.25, -0.2) is 4.99 Å². The number of aromatic nitrogens is 3. The standard InChI is InChI=1S/C19H32N6O/c1-5-15(6-2)18-11-17(26-25-18)13-22-19(20-7-3)21-10-8-9-16-12-23-24-14(16)4/h11-12,15H,5-10,13H2,1-4H3,(H,23,24)(H2,20,21,22). The number of nitrogens with zero attached hydrogens (tertiary/aromatic N) is 3. The van der Waals surface area contributed by atoms with Gasteiger partial charge in [0.05, 0.1) is 11.9 Å². The van der Waals surface area contributed by atoms with Crippen LogP contribution >= 0.6 is 0 Å². The lowest BCUT2D eigenvalue weighted by molar-refractivity contribution is 0.372. The third kappa shape index (κ3) is 5.89. The molecule has 0 bridgehead atoms. The minimum Gasteiger partial charge on any atom is -0.359 e. The molecule has 0 aliphatic carbocycles. The van der Waals surface area contributed by atoms with E-state index < -0.39 is 0 Å². The molecule has 0 fully saturated rings. The second-order valence-electron chi connectivity index (χ2n) is 6.48. The normalized spacial score (nSPS) is 12.0. The molecule has 0 aliphatic heterocycles. The second kappa shape index (κ2) is 10.6. The Bertz CT molecular complexity index is 671. The molecule has 0 unspecified atom stereocenters. The van der Waals surface area contributed by atoms with Crippen LogP contribution in [0.5, 0.6) is 0 Å². The van der Waals surface area contributed by atoms with Crippen molar-refractivity contribution in [1.82, 2.24) is 26.0 Å². The molecule has 3 N–H and O–H groups in total. The molecule has 0 aliphatic rings. The molecule has 7 heteroatoms. The fraction of sp³-hybridized carbons (Fsp3) is 0.632. The van der Waals surface area contributed by atoms with Gasteiger partial charge in [0.2, 0.25) is 0 Å². The van der Waals surface area contributed by atoms with Gasteiger partial charge >= 0.3 is 0 Å². The lowest BCUT2D eigenvalue weighted by Crippen LogP contribution is -2.37. The van der Waals surface area contributed by atoms with Gasteiger partial charge in [0.25, 0.3) is 0 Å². The highest BCUT2D eigenvalue weighted by Gasteiger charge is 2.12. The molecule has 0 amide bonds. The van der Waals surface area contributed by atoms with E-state index in [1.807, 2.05) is 12.3 Å². The van der Waals surface area contributed by atoms with Crippen LogP contribution in [0.25, 0.3) is 0 Å². The Morgan fingerprint density at radius 1 is 1.27 bits per heavy atom. The SMILES string of the molecule is CCNC(=NCc1cc(C(CC)CC)no1)NCCCc1cn[nH]c1C. The Kier molecular flexibility index (Phi) is 8.18. The molecule has 0 aromatic carbocycles. The van der Waals surface area contributed by atoms with Crippen molar-refractivity contribution in [2.75, 3.05) is 13.1 Å². The van der Waals surface area contributed by atoms with E-state index in [9.17, 15) is 0 Å². The van der Waals surface area contributed by atoms with E-state index in [2.05, 4.69) is 58.7 Å². The van der Waals surface area contributed by atoms with E-state index in [0.29, 0.717) is 12.5 Å². The number of aromatic amines is 1. The van der Waals surface area contributed by atoms with Crippen LogP contribution in [0.4, 0.5) is 0 Å². The summed E-state index contributed by atoms with van der Waals surface area (Å²) in [6.07, 6.45) is 6.07. The molecule has 144 valence electrons. The maximum absolute atomic E-state index is 5.44. The van der Waals surface area contributed by atoms with E-state index >= 15 is 0 Å². The Labute approximate surface area is 156 Å². The van der Waals surface area contributed by atoms with E-state index in [0.717, 1.165) is 61.9 Å². The minimum absolute atomic E-state index is 0.467. The average molecular weight is 361 g/mol. The molecule has 2 rings (SSSR count). The number of aryl methyl sites for hydroxylation is 2. The Morgan fingerprint density at radius 3 is 2.73 bits per heavy atom. The van der Waals surface area contributed by atoms with Crippen molar-refractivity contribution in [3.05, 3.63) is 35.0 Å². The number of rotatable bonds is 10. The topological polar surface area (TPSA) is 91.1 Å². The first kappa shape index (κ1) is 20.0. The molecule has 2 aromatic heterocycles. The van der Waals surface area contributed by atoms with Crippen LogP contribution in [0.1, 0.15) is 68.7 Å². The van der Waals surface area contributed by atoms with Crippen LogP contribution in [0.2, 0.25) is 0 Å². The van der Waals surface area contributed by atoms with Crippen molar-refractivity contribution in [3.63, 3.8) is 0 Å². The van der Waals surface area contributed by atoms with Crippen molar-refractivity contribution >= 4 is 5.96 Å². The van der Waals surface area contributed by atoms with Gasteiger partial charge in [0.1, 0.15) is 6.54 Å². The van der Waals surface area contributed by atoms with Gasteiger partial charge in [-0.1, -0.05) is 19.0 Å².